The van der Waals surface area contributed by atoms with Gasteiger partial charge in [0.05, 0.1) is 32.3 Å². The molecule has 0 amide bonds. The van der Waals surface area contributed by atoms with Gasteiger partial charge in [0.1, 0.15) is 6.10 Å². The first kappa shape index (κ1) is 27.5. The van der Waals surface area contributed by atoms with Gasteiger partial charge in [-0.1, -0.05) is 30.3 Å². The first-order valence-electron chi connectivity index (χ1n) is 10.4. The predicted molar refractivity (Wildman–Crippen MR) is 111 cm³/mol. The van der Waals surface area contributed by atoms with Crippen LogP contribution in [0.1, 0.15) is 39.7 Å². The number of Topliss-reactive ketones (excluding diaryl/α,β-unsaturated/α-hetero) is 1. The van der Waals surface area contributed by atoms with Crippen LogP contribution in [0.3, 0.4) is 0 Å². The molecule has 1 aliphatic rings. The van der Waals surface area contributed by atoms with Crippen LogP contribution in [0.5, 0.6) is 0 Å². The monoisotopic (exact) mass is 494 g/mol. The highest BCUT2D eigenvalue weighted by Gasteiger charge is 2.64. The van der Waals surface area contributed by atoms with Crippen molar-refractivity contribution in [3.63, 3.8) is 0 Å². The number of hydrogen-bond donors (Lipinski definition) is 1. The molecule has 0 radical (unpaired) electrons. The Labute approximate surface area is 190 Å². The number of aliphatic hydroxyl groups is 1. The molecule has 1 heterocycles. The lowest BCUT2D eigenvalue weighted by molar-refractivity contribution is -0.229. The summed E-state index contributed by atoms with van der Waals surface area (Å²) in [5.74, 6) is -4.61. The lowest BCUT2D eigenvalue weighted by atomic mass is 10.00. The van der Waals surface area contributed by atoms with Crippen LogP contribution in [0.25, 0.3) is 0 Å². The van der Waals surface area contributed by atoms with Gasteiger partial charge in [-0.05, 0) is 19.4 Å². The molecule has 9 nitrogen and oxygen atoms in total. The van der Waals surface area contributed by atoms with E-state index in [-0.39, 0.29) is 19.8 Å². The average Bonchev–Trinajstić information content (AvgIpc) is 2.98. The third kappa shape index (κ3) is 6.23. The molecule has 33 heavy (non-hydrogen) atoms. The molecule has 1 aromatic rings. The van der Waals surface area contributed by atoms with E-state index in [1.807, 2.05) is 0 Å². The lowest BCUT2D eigenvalue weighted by Crippen LogP contribution is -2.51. The van der Waals surface area contributed by atoms with Crippen molar-refractivity contribution in [2.75, 3.05) is 13.2 Å². The third-order valence-corrected chi connectivity index (χ3v) is 7.09. The molecule has 0 aliphatic carbocycles. The molecule has 0 spiro atoms. The highest BCUT2D eigenvalue weighted by atomic mass is 31.2. The number of hydrogen-bond acceptors (Lipinski definition) is 9. The van der Waals surface area contributed by atoms with Crippen LogP contribution in [-0.4, -0.2) is 59.8 Å². The Bertz CT molecular complexity index is 857. The van der Waals surface area contributed by atoms with Crippen LogP contribution in [-0.2, 0) is 44.0 Å². The number of carbonyl (C=O) groups excluding carboxylic acids is 2. The van der Waals surface area contributed by atoms with E-state index in [1.54, 1.807) is 30.3 Å². The van der Waals surface area contributed by atoms with E-state index >= 15 is 8.78 Å². The minimum Gasteiger partial charge on any atom is -0.453 e. The van der Waals surface area contributed by atoms with Crippen molar-refractivity contribution in [3.05, 3.63) is 35.9 Å². The normalized spacial score (nSPS) is 25.7. The molecule has 186 valence electrons. The Hall–Kier alpha value is -1.75. The van der Waals surface area contributed by atoms with Gasteiger partial charge in [0, 0.05) is 13.8 Å². The molecular weight excluding hydrogens is 465 g/mol. The average molecular weight is 494 g/mol. The van der Waals surface area contributed by atoms with E-state index in [9.17, 15) is 19.3 Å². The number of ketones is 1. The molecule has 2 rings (SSSR count). The molecule has 12 heteroatoms. The summed E-state index contributed by atoms with van der Waals surface area (Å²) in [7, 11) is -4.93. The molecule has 0 bridgehead atoms. The maximum absolute atomic E-state index is 15.2. The van der Waals surface area contributed by atoms with Crippen LogP contribution in [0.4, 0.5) is 8.78 Å². The van der Waals surface area contributed by atoms with Gasteiger partial charge >= 0.3 is 19.2 Å². The summed E-state index contributed by atoms with van der Waals surface area (Å²) in [4.78, 5) is 23.8. The summed E-state index contributed by atoms with van der Waals surface area (Å²) >= 11 is 0. The quantitative estimate of drug-likeness (QED) is 0.344. The van der Waals surface area contributed by atoms with Gasteiger partial charge in [-0.15, -0.1) is 0 Å². The van der Waals surface area contributed by atoms with Crippen LogP contribution in [0, 0.1) is 0 Å². The molecule has 1 aliphatic heterocycles. The molecule has 0 aromatic heterocycles. The Morgan fingerprint density at radius 3 is 2.21 bits per heavy atom. The second-order valence-electron chi connectivity index (χ2n) is 7.40. The first-order chi connectivity index (χ1) is 15.4. The van der Waals surface area contributed by atoms with E-state index in [1.165, 1.54) is 13.8 Å². The first-order valence-corrected chi connectivity index (χ1v) is 12.0. The summed E-state index contributed by atoms with van der Waals surface area (Å²) in [6.45, 7) is 4.00. The number of carbonyl (C=O) groups is 2. The Morgan fingerprint density at radius 1 is 1.15 bits per heavy atom. The van der Waals surface area contributed by atoms with Gasteiger partial charge in [0.15, 0.2) is 11.9 Å². The van der Waals surface area contributed by atoms with Crippen LogP contribution >= 0.6 is 7.60 Å². The zero-order valence-electron chi connectivity index (χ0n) is 18.9. The van der Waals surface area contributed by atoms with Gasteiger partial charge in [0.2, 0.25) is 0 Å². The molecule has 1 fully saturated rings. The van der Waals surface area contributed by atoms with E-state index in [4.69, 9.17) is 23.3 Å². The van der Waals surface area contributed by atoms with Crippen molar-refractivity contribution in [3.8, 4) is 0 Å². The van der Waals surface area contributed by atoms with Gasteiger partial charge in [-0.3, -0.25) is 14.2 Å². The molecule has 1 N–H and O–H groups in total. The van der Waals surface area contributed by atoms with E-state index < -0.39 is 55.5 Å². The summed E-state index contributed by atoms with van der Waals surface area (Å²) < 4.78 is 68.7. The molecule has 1 aromatic carbocycles. The van der Waals surface area contributed by atoms with Crippen molar-refractivity contribution in [2.45, 2.75) is 70.5 Å². The lowest BCUT2D eigenvalue weighted by Gasteiger charge is -2.29. The standard InChI is InChI=1S/C21H29F2O9P/c1-5-29-33(27,30-6-2)20(22,23)12-17-18(28-13-16-10-8-7-9-11-16)19(31-15(4)25)21(26,32-17)14(3)24/h7-11,17-19,26H,5-6,12-13H2,1-4H3/t17-,18-,19-,21-/m1/s1. The maximum Gasteiger partial charge on any atom is 0.399 e. The topological polar surface area (TPSA) is 118 Å². The van der Waals surface area contributed by atoms with E-state index in [0.29, 0.717) is 5.56 Å². The highest BCUT2D eigenvalue weighted by Crippen LogP contribution is 2.64. The number of ether oxygens (including phenoxy) is 3. The minimum atomic E-state index is -4.93. The van der Waals surface area contributed by atoms with Gasteiger partial charge < -0.3 is 28.4 Å². The Balaban J connectivity index is 2.41. The number of alkyl halides is 2. The number of esters is 1. The summed E-state index contributed by atoms with van der Waals surface area (Å²) in [5.41, 5.74) is -3.42. The fraction of sp³-hybridized carbons (Fsp3) is 0.619. The largest absolute Gasteiger partial charge is 0.453 e. The SMILES string of the molecule is CCOP(=O)(OCC)C(F)(F)C[C@H]1O[C@](O)(C(C)=O)[C@H](OC(C)=O)[C@@H]1OCc1ccccc1. The number of benzene rings is 1. The van der Waals surface area contributed by atoms with Crippen molar-refractivity contribution < 1.29 is 51.3 Å². The Kier molecular flexibility index (Phi) is 9.26. The zero-order chi connectivity index (χ0) is 24.9. The van der Waals surface area contributed by atoms with Crippen LogP contribution in [0.15, 0.2) is 30.3 Å². The molecule has 1 saturated heterocycles. The molecule has 0 saturated carbocycles. The summed E-state index contributed by atoms with van der Waals surface area (Å²) in [6, 6.07) is 8.63. The second-order valence-corrected chi connectivity index (χ2v) is 9.57. The van der Waals surface area contributed by atoms with Crippen molar-refractivity contribution in [1.82, 2.24) is 0 Å². The van der Waals surface area contributed by atoms with Crippen molar-refractivity contribution in [1.29, 1.82) is 0 Å². The molecular formula is C21H29F2O9P. The summed E-state index contributed by atoms with van der Waals surface area (Å²) in [5, 5.41) is 10.8. The van der Waals surface area contributed by atoms with E-state index in [2.05, 4.69) is 0 Å². The minimum absolute atomic E-state index is 0.128. The van der Waals surface area contributed by atoms with Crippen LogP contribution in [0.2, 0.25) is 0 Å². The fourth-order valence-corrected chi connectivity index (χ4v) is 4.97. The van der Waals surface area contributed by atoms with Crippen molar-refractivity contribution in [2.24, 2.45) is 0 Å². The third-order valence-electron chi connectivity index (χ3n) is 4.91. The second kappa shape index (κ2) is 11.1. The van der Waals surface area contributed by atoms with Gasteiger partial charge in [-0.2, -0.15) is 8.78 Å². The maximum atomic E-state index is 15.2. The zero-order valence-corrected chi connectivity index (χ0v) is 19.8. The van der Waals surface area contributed by atoms with E-state index in [0.717, 1.165) is 13.8 Å². The molecule has 0 unspecified atom stereocenters. The van der Waals surface area contributed by atoms with Crippen molar-refractivity contribution >= 4 is 19.3 Å². The fourth-order valence-electron chi connectivity index (χ4n) is 3.43. The summed E-state index contributed by atoms with van der Waals surface area (Å²) in [6.07, 6.45) is -6.23. The van der Waals surface area contributed by atoms with Crippen LogP contribution < -0.4 is 0 Å². The number of halogens is 2. The molecule has 4 atom stereocenters. The number of rotatable bonds is 12. The van der Waals surface area contributed by atoms with Gasteiger partial charge in [-0.25, -0.2) is 0 Å². The Morgan fingerprint density at radius 2 is 1.73 bits per heavy atom. The highest BCUT2D eigenvalue weighted by molar-refractivity contribution is 7.55. The smallest absolute Gasteiger partial charge is 0.399 e. The predicted octanol–water partition coefficient (Wildman–Crippen LogP) is 3.43. The van der Waals surface area contributed by atoms with Gasteiger partial charge in [0.25, 0.3) is 5.79 Å².